The van der Waals surface area contributed by atoms with Gasteiger partial charge in [0.05, 0.1) is 6.54 Å². The van der Waals surface area contributed by atoms with Crippen LogP contribution in [-0.2, 0) is 0 Å². The predicted octanol–water partition coefficient (Wildman–Crippen LogP) is 0.917. The van der Waals surface area contributed by atoms with Crippen molar-refractivity contribution in [3.8, 4) is 0 Å². The molecule has 0 fully saturated rings. The Balaban J connectivity index is 2.60. The molecule has 1 rings (SSSR count). The summed E-state index contributed by atoms with van der Waals surface area (Å²) >= 11 is 0. The molecule has 0 bridgehead atoms. The molecule has 1 amide bonds. The van der Waals surface area contributed by atoms with E-state index in [-0.39, 0.29) is 11.9 Å². The highest BCUT2D eigenvalue weighted by Gasteiger charge is 2.04. The first kappa shape index (κ1) is 11.0. The molecule has 0 aliphatic carbocycles. The summed E-state index contributed by atoms with van der Waals surface area (Å²) in [5.74, 6) is -0.162. The average molecular weight is 203 g/mol. The first-order chi connectivity index (χ1) is 7.24. The van der Waals surface area contributed by atoms with Gasteiger partial charge in [-0.15, -0.1) is 6.58 Å². The molecular formula is C11H13N3O. The van der Waals surface area contributed by atoms with Crippen molar-refractivity contribution in [2.24, 2.45) is 10.7 Å². The molecule has 1 aromatic carbocycles. The number of amides is 1. The van der Waals surface area contributed by atoms with Gasteiger partial charge in [-0.3, -0.25) is 10.1 Å². The van der Waals surface area contributed by atoms with Gasteiger partial charge in [0.1, 0.15) is 0 Å². The van der Waals surface area contributed by atoms with Crippen LogP contribution in [0.15, 0.2) is 48.0 Å². The lowest BCUT2D eigenvalue weighted by atomic mass is 10.2. The van der Waals surface area contributed by atoms with Gasteiger partial charge in [-0.25, -0.2) is 4.99 Å². The van der Waals surface area contributed by atoms with Crippen molar-refractivity contribution >= 4 is 11.9 Å². The van der Waals surface area contributed by atoms with E-state index in [9.17, 15) is 4.79 Å². The third-order valence-electron chi connectivity index (χ3n) is 1.67. The molecule has 0 atom stereocenters. The van der Waals surface area contributed by atoms with E-state index in [1.807, 2.05) is 6.07 Å². The zero-order valence-corrected chi connectivity index (χ0v) is 8.31. The van der Waals surface area contributed by atoms with Gasteiger partial charge in [-0.05, 0) is 12.1 Å². The van der Waals surface area contributed by atoms with Gasteiger partial charge in [-0.1, -0.05) is 24.3 Å². The van der Waals surface area contributed by atoms with Gasteiger partial charge in [0, 0.05) is 5.56 Å². The van der Waals surface area contributed by atoms with Crippen LogP contribution < -0.4 is 11.1 Å². The standard InChI is InChI=1S/C11H13N3O/c1-2-8-13-11(12)14-10(15)9-6-4-3-5-7-9/h2-7H,1,8H2,(H3,12,13,14,15). The largest absolute Gasteiger partial charge is 0.370 e. The molecule has 0 aliphatic rings. The summed E-state index contributed by atoms with van der Waals surface area (Å²) < 4.78 is 0. The van der Waals surface area contributed by atoms with Gasteiger partial charge in [0.25, 0.3) is 5.91 Å². The Kier molecular flexibility index (Phi) is 4.09. The lowest BCUT2D eigenvalue weighted by Gasteiger charge is -2.03. The van der Waals surface area contributed by atoms with Crippen molar-refractivity contribution in [2.45, 2.75) is 0 Å². The molecular weight excluding hydrogens is 190 g/mol. The number of nitrogens with one attached hydrogen (secondary N) is 1. The lowest BCUT2D eigenvalue weighted by Crippen LogP contribution is -2.36. The maximum atomic E-state index is 11.5. The van der Waals surface area contributed by atoms with Gasteiger partial charge < -0.3 is 5.73 Å². The minimum Gasteiger partial charge on any atom is -0.370 e. The Morgan fingerprint density at radius 2 is 2.13 bits per heavy atom. The zero-order chi connectivity index (χ0) is 11.1. The summed E-state index contributed by atoms with van der Waals surface area (Å²) in [6, 6.07) is 8.82. The smallest absolute Gasteiger partial charge is 0.257 e. The summed E-state index contributed by atoms with van der Waals surface area (Å²) in [5.41, 5.74) is 6.02. The average Bonchev–Trinajstić information content (AvgIpc) is 2.27. The Labute approximate surface area is 88.5 Å². The van der Waals surface area contributed by atoms with Crippen molar-refractivity contribution in [3.05, 3.63) is 48.6 Å². The van der Waals surface area contributed by atoms with Gasteiger partial charge in [-0.2, -0.15) is 0 Å². The fraction of sp³-hybridized carbons (Fsp3) is 0.0909. The minimum absolute atomic E-state index is 0.101. The van der Waals surface area contributed by atoms with Gasteiger partial charge in [0.15, 0.2) is 5.96 Å². The molecule has 4 nitrogen and oxygen atoms in total. The number of carbonyl (C=O) groups is 1. The maximum absolute atomic E-state index is 11.5. The molecule has 0 aliphatic heterocycles. The van der Waals surface area contributed by atoms with E-state index >= 15 is 0 Å². The van der Waals surface area contributed by atoms with Crippen molar-refractivity contribution in [2.75, 3.05) is 6.54 Å². The fourth-order valence-electron chi connectivity index (χ4n) is 0.980. The fourth-order valence-corrected chi connectivity index (χ4v) is 0.980. The Morgan fingerprint density at radius 1 is 1.47 bits per heavy atom. The van der Waals surface area contributed by atoms with Crippen LogP contribution in [0.5, 0.6) is 0 Å². The second-order valence-corrected chi connectivity index (χ2v) is 2.83. The Morgan fingerprint density at radius 3 is 2.73 bits per heavy atom. The first-order valence-corrected chi connectivity index (χ1v) is 4.51. The number of carbonyl (C=O) groups excluding carboxylic acids is 1. The number of nitrogens with zero attached hydrogens (tertiary/aromatic N) is 1. The molecule has 0 saturated heterocycles. The Hall–Kier alpha value is -2.10. The summed E-state index contributed by atoms with van der Waals surface area (Å²) in [6.45, 7) is 3.88. The number of hydrogen-bond acceptors (Lipinski definition) is 2. The molecule has 1 aromatic rings. The van der Waals surface area contributed by atoms with E-state index in [0.29, 0.717) is 12.1 Å². The van der Waals surface area contributed by atoms with E-state index in [1.165, 1.54) is 0 Å². The summed E-state index contributed by atoms with van der Waals surface area (Å²) in [7, 11) is 0. The number of rotatable bonds is 3. The van der Waals surface area contributed by atoms with Gasteiger partial charge >= 0.3 is 0 Å². The normalized spacial score (nSPS) is 10.8. The van der Waals surface area contributed by atoms with Crippen LogP contribution >= 0.6 is 0 Å². The van der Waals surface area contributed by atoms with Gasteiger partial charge in [0.2, 0.25) is 0 Å². The van der Waals surface area contributed by atoms with E-state index in [0.717, 1.165) is 0 Å². The molecule has 78 valence electrons. The van der Waals surface area contributed by atoms with Crippen molar-refractivity contribution in [1.82, 2.24) is 5.32 Å². The second-order valence-electron chi connectivity index (χ2n) is 2.83. The first-order valence-electron chi connectivity index (χ1n) is 4.51. The quantitative estimate of drug-likeness (QED) is 0.435. The van der Waals surface area contributed by atoms with Crippen LogP contribution in [0.3, 0.4) is 0 Å². The van der Waals surface area contributed by atoms with Crippen LogP contribution in [0.4, 0.5) is 0 Å². The van der Waals surface area contributed by atoms with Crippen LogP contribution in [0.2, 0.25) is 0 Å². The number of benzene rings is 1. The Bertz CT molecular complexity index is 371. The molecule has 0 aromatic heterocycles. The van der Waals surface area contributed by atoms with Crippen molar-refractivity contribution in [1.29, 1.82) is 0 Å². The number of hydrogen-bond donors (Lipinski definition) is 2. The topological polar surface area (TPSA) is 67.5 Å². The molecule has 0 spiro atoms. The van der Waals surface area contributed by atoms with E-state index in [4.69, 9.17) is 5.73 Å². The van der Waals surface area contributed by atoms with Crippen LogP contribution in [0, 0.1) is 0 Å². The zero-order valence-electron chi connectivity index (χ0n) is 8.31. The molecule has 0 radical (unpaired) electrons. The lowest BCUT2D eigenvalue weighted by molar-refractivity contribution is 0.0976. The van der Waals surface area contributed by atoms with E-state index in [2.05, 4.69) is 16.9 Å². The van der Waals surface area contributed by atoms with E-state index < -0.39 is 0 Å². The van der Waals surface area contributed by atoms with E-state index in [1.54, 1.807) is 30.3 Å². The van der Waals surface area contributed by atoms with Crippen LogP contribution in [-0.4, -0.2) is 18.4 Å². The molecule has 15 heavy (non-hydrogen) atoms. The number of guanidine groups is 1. The second kappa shape index (κ2) is 5.59. The molecule has 3 N–H and O–H groups in total. The maximum Gasteiger partial charge on any atom is 0.257 e. The molecule has 0 unspecified atom stereocenters. The molecule has 0 heterocycles. The molecule has 4 heteroatoms. The van der Waals surface area contributed by atoms with Crippen molar-refractivity contribution in [3.63, 3.8) is 0 Å². The number of aliphatic imine (C=N–C) groups is 1. The SMILES string of the molecule is C=CCN=C(N)NC(=O)c1ccccc1. The summed E-state index contributed by atoms with van der Waals surface area (Å²) in [5, 5.41) is 2.47. The summed E-state index contributed by atoms with van der Waals surface area (Å²) in [6.07, 6.45) is 1.60. The van der Waals surface area contributed by atoms with Crippen LogP contribution in [0.25, 0.3) is 0 Å². The highest BCUT2D eigenvalue weighted by atomic mass is 16.1. The van der Waals surface area contributed by atoms with Crippen LogP contribution in [0.1, 0.15) is 10.4 Å². The summed E-state index contributed by atoms with van der Waals surface area (Å²) in [4.78, 5) is 15.4. The third-order valence-corrected chi connectivity index (χ3v) is 1.67. The minimum atomic E-state index is -0.263. The monoisotopic (exact) mass is 203 g/mol. The highest BCUT2D eigenvalue weighted by Crippen LogP contribution is 1.97. The highest BCUT2D eigenvalue weighted by molar-refractivity contribution is 6.05. The number of nitrogens with two attached hydrogens (primary N) is 1. The van der Waals surface area contributed by atoms with Crippen molar-refractivity contribution < 1.29 is 4.79 Å². The predicted molar refractivity (Wildman–Crippen MR) is 60.6 cm³/mol. The third kappa shape index (κ3) is 3.64. The molecule has 0 saturated carbocycles.